The van der Waals surface area contributed by atoms with Gasteiger partial charge < -0.3 is 0 Å². The van der Waals surface area contributed by atoms with Gasteiger partial charge in [-0.25, -0.2) is 4.98 Å². The third-order valence-electron chi connectivity index (χ3n) is 8.40. The molecule has 0 saturated carbocycles. The van der Waals surface area contributed by atoms with Crippen molar-refractivity contribution >= 4 is 17.2 Å². The lowest BCUT2D eigenvalue weighted by Crippen LogP contribution is -2.26. The van der Waals surface area contributed by atoms with Gasteiger partial charge in [0.25, 0.3) is 0 Å². The lowest BCUT2D eigenvalue weighted by atomic mass is 9.84. The maximum atomic E-state index is 4.85. The number of benzene rings is 3. The standard InChI is InChI=1S/C32H21N3/c1-2-7-23-18(5-1)13-19-9-10-24-25(29(19)23)16-21-15-22-14-20-6-3-12-34-32(20)35-28-8-4-11-33-27(28)17-26(30(21)24)31(22)35/h1-12,15H,13-14,16-17H2. The minimum absolute atomic E-state index is 0.869. The molecule has 0 saturated heterocycles. The zero-order valence-electron chi connectivity index (χ0n) is 19.2. The van der Waals surface area contributed by atoms with Gasteiger partial charge in [0.15, 0.2) is 0 Å². The molecule has 0 amide bonds. The van der Waals surface area contributed by atoms with Gasteiger partial charge in [0.1, 0.15) is 5.82 Å². The Kier molecular flexibility index (Phi) is 3.24. The van der Waals surface area contributed by atoms with Crippen LogP contribution in [0.4, 0.5) is 17.2 Å². The van der Waals surface area contributed by atoms with Gasteiger partial charge in [-0.05, 0) is 92.2 Å². The van der Waals surface area contributed by atoms with Gasteiger partial charge in [-0.1, -0.05) is 48.5 Å². The number of hydrogen-bond acceptors (Lipinski definition) is 3. The number of fused-ring (bicyclic) bond motifs is 12. The molecule has 164 valence electrons. The monoisotopic (exact) mass is 447 g/mol. The van der Waals surface area contributed by atoms with E-state index in [0.29, 0.717) is 0 Å². The predicted molar refractivity (Wildman–Crippen MR) is 139 cm³/mol. The first kappa shape index (κ1) is 18.1. The topological polar surface area (TPSA) is 29.0 Å². The molecule has 4 aliphatic rings. The zero-order chi connectivity index (χ0) is 22.7. The molecular weight excluding hydrogens is 426 g/mol. The summed E-state index contributed by atoms with van der Waals surface area (Å²) in [6.07, 6.45) is 7.70. The molecule has 0 N–H and O–H groups in total. The molecular formula is C32H21N3. The molecule has 2 aliphatic heterocycles. The highest BCUT2D eigenvalue weighted by atomic mass is 15.2. The number of aromatic nitrogens is 2. The summed E-state index contributed by atoms with van der Waals surface area (Å²) in [6.45, 7) is 0. The van der Waals surface area contributed by atoms with Crippen LogP contribution in [0, 0.1) is 0 Å². The second kappa shape index (κ2) is 6.25. The third kappa shape index (κ3) is 2.21. The van der Waals surface area contributed by atoms with Crippen molar-refractivity contribution in [2.45, 2.75) is 25.7 Å². The molecule has 0 bridgehead atoms. The molecule has 0 unspecified atom stereocenters. The summed E-state index contributed by atoms with van der Waals surface area (Å²) >= 11 is 0. The molecule has 0 spiro atoms. The Morgan fingerprint density at radius 3 is 2.40 bits per heavy atom. The van der Waals surface area contributed by atoms with Gasteiger partial charge in [0.05, 0.1) is 17.1 Å². The van der Waals surface area contributed by atoms with Crippen LogP contribution in [0.25, 0.3) is 22.3 Å². The van der Waals surface area contributed by atoms with E-state index < -0.39 is 0 Å². The molecule has 0 atom stereocenters. The van der Waals surface area contributed by atoms with Gasteiger partial charge in [0.2, 0.25) is 0 Å². The first-order valence-electron chi connectivity index (χ1n) is 12.4. The van der Waals surface area contributed by atoms with Crippen LogP contribution in [0.1, 0.15) is 44.6 Å². The fraction of sp³-hybridized carbons (Fsp3) is 0.125. The maximum absolute atomic E-state index is 4.85. The molecule has 2 aliphatic carbocycles. The summed E-state index contributed by atoms with van der Waals surface area (Å²) in [5, 5.41) is 0. The Bertz CT molecular complexity index is 1750. The average molecular weight is 448 g/mol. The third-order valence-corrected chi connectivity index (χ3v) is 8.40. The van der Waals surface area contributed by atoms with E-state index in [0.717, 1.165) is 37.2 Å². The Labute approximate surface area is 203 Å². The Hall–Kier alpha value is -4.24. The van der Waals surface area contributed by atoms with Crippen molar-refractivity contribution in [1.29, 1.82) is 0 Å². The first-order valence-corrected chi connectivity index (χ1v) is 12.4. The molecule has 2 aromatic heterocycles. The van der Waals surface area contributed by atoms with Crippen LogP contribution in [0.15, 0.2) is 79.1 Å². The van der Waals surface area contributed by atoms with Crippen LogP contribution in [0.5, 0.6) is 0 Å². The summed E-state index contributed by atoms with van der Waals surface area (Å²) < 4.78 is 0. The maximum Gasteiger partial charge on any atom is 0.141 e. The quantitative estimate of drug-likeness (QED) is 0.253. The van der Waals surface area contributed by atoms with Crippen LogP contribution >= 0.6 is 0 Å². The van der Waals surface area contributed by atoms with Gasteiger partial charge in [0, 0.05) is 25.2 Å². The van der Waals surface area contributed by atoms with E-state index in [1.807, 2.05) is 18.5 Å². The van der Waals surface area contributed by atoms with Gasteiger partial charge >= 0.3 is 0 Å². The predicted octanol–water partition coefficient (Wildman–Crippen LogP) is 6.90. The molecule has 9 rings (SSSR count). The van der Waals surface area contributed by atoms with Gasteiger partial charge in [-0.3, -0.25) is 9.88 Å². The van der Waals surface area contributed by atoms with Gasteiger partial charge in [-0.2, -0.15) is 0 Å². The molecule has 5 aromatic rings. The molecule has 3 aromatic carbocycles. The summed E-state index contributed by atoms with van der Waals surface area (Å²) in [7, 11) is 0. The number of rotatable bonds is 0. The highest BCUT2D eigenvalue weighted by molar-refractivity contribution is 5.97. The van der Waals surface area contributed by atoms with E-state index in [-0.39, 0.29) is 0 Å². The minimum atomic E-state index is 0.869. The summed E-state index contributed by atoms with van der Waals surface area (Å²) in [5.41, 5.74) is 19.4. The van der Waals surface area contributed by atoms with E-state index in [4.69, 9.17) is 9.97 Å². The minimum Gasteiger partial charge on any atom is -0.292 e. The van der Waals surface area contributed by atoms with E-state index in [1.54, 1.807) is 0 Å². The van der Waals surface area contributed by atoms with Crippen molar-refractivity contribution in [2.75, 3.05) is 4.90 Å². The summed E-state index contributed by atoms with van der Waals surface area (Å²) in [6, 6.07) is 24.7. The van der Waals surface area contributed by atoms with Crippen LogP contribution in [-0.4, -0.2) is 9.97 Å². The van der Waals surface area contributed by atoms with Crippen molar-refractivity contribution in [3.63, 3.8) is 0 Å². The fourth-order valence-electron chi connectivity index (χ4n) is 7.08. The van der Waals surface area contributed by atoms with Crippen molar-refractivity contribution in [3.05, 3.63) is 124 Å². The van der Waals surface area contributed by atoms with Crippen LogP contribution < -0.4 is 4.90 Å². The number of hydrogen-bond donors (Lipinski definition) is 0. The molecule has 3 heteroatoms. The number of anilines is 3. The number of pyridine rings is 2. The lowest BCUT2D eigenvalue weighted by Gasteiger charge is -2.39. The molecule has 0 fully saturated rings. The normalized spacial score (nSPS) is 14.9. The SMILES string of the molecule is c1ccc2c(c1)Cc1ccc3c(c1-2)Cc1cc2c4c(c1-3)Cc1ncccc1N4c1ncccc1C2. The van der Waals surface area contributed by atoms with Crippen LogP contribution in [-0.2, 0) is 25.7 Å². The smallest absolute Gasteiger partial charge is 0.141 e. The van der Waals surface area contributed by atoms with Crippen molar-refractivity contribution in [1.82, 2.24) is 9.97 Å². The zero-order valence-corrected chi connectivity index (χ0v) is 19.2. The highest BCUT2D eigenvalue weighted by Gasteiger charge is 2.38. The van der Waals surface area contributed by atoms with Crippen LogP contribution in [0.2, 0.25) is 0 Å². The summed E-state index contributed by atoms with van der Waals surface area (Å²) in [4.78, 5) is 12.1. The van der Waals surface area contributed by atoms with Crippen molar-refractivity contribution in [2.24, 2.45) is 0 Å². The Morgan fingerprint density at radius 1 is 0.571 bits per heavy atom. The van der Waals surface area contributed by atoms with E-state index in [9.17, 15) is 0 Å². The highest BCUT2D eigenvalue weighted by Crippen LogP contribution is 2.56. The van der Waals surface area contributed by atoms with Crippen molar-refractivity contribution in [3.8, 4) is 22.3 Å². The second-order valence-electron chi connectivity index (χ2n) is 10.2. The Morgan fingerprint density at radius 2 is 1.40 bits per heavy atom. The number of nitrogens with zero attached hydrogens (tertiary/aromatic N) is 3. The molecule has 0 radical (unpaired) electrons. The van der Waals surface area contributed by atoms with Gasteiger partial charge in [-0.15, -0.1) is 0 Å². The lowest BCUT2D eigenvalue weighted by molar-refractivity contribution is 0.949. The summed E-state index contributed by atoms with van der Waals surface area (Å²) in [5.74, 6) is 1.05. The Balaban J connectivity index is 1.34. The molecule has 4 heterocycles. The van der Waals surface area contributed by atoms with E-state index in [2.05, 4.69) is 65.6 Å². The van der Waals surface area contributed by atoms with Crippen LogP contribution in [0.3, 0.4) is 0 Å². The molecule has 35 heavy (non-hydrogen) atoms. The van der Waals surface area contributed by atoms with Crippen molar-refractivity contribution < 1.29 is 0 Å². The van der Waals surface area contributed by atoms with E-state index >= 15 is 0 Å². The molecule has 3 nitrogen and oxygen atoms in total. The van der Waals surface area contributed by atoms with E-state index in [1.165, 1.54) is 72.6 Å². The fourth-order valence-corrected chi connectivity index (χ4v) is 7.08. The second-order valence-corrected chi connectivity index (χ2v) is 10.2. The first-order chi connectivity index (χ1) is 17.3. The average Bonchev–Trinajstić information content (AvgIpc) is 3.46. The largest absolute Gasteiger partial charge is 0.292 e.